The van der Waals surface area contributed by atoms with Crippen LogP contribution in [-0.2, 0) is 16.2 Å². The van der Waals surface area contributed by atoms with Crippen molar-refractivity contribution in [1.29, 1.82) is 0 Å². The van der Waals surface area contributed by atoms with E-state index in [1.165, 1.54) is 32.1 Å². The van der Waals surface area contributed by atoms with Gasteiger partial charge in [0.05, 0.1) is 18.6 Å². The quantitative estimate of drug-likeness (QED) is 0.406. The lowest BCUT2D eigenvalue weighted by Crippen LogP contribution is -2.23. The zero-order valence-electron chi connectivity index (χ0n) is 13.7. The molecule has 1 aliphatic rings. The first-order chi connectivity index (χ1) is 11.3. The maximum absolute atomic E-state index is 10.4. The number of rotatable bonds is 10. The minimum absolute atomic E-state index is 0.233. The molecule has 1 saturated carbocycles. The zero-order chi connectivity index (χ0) is 16.3. The van der Waals surface area contributed by atoms with Crippen molar-refractivity contribution in [3.05, 3.63) is 18.7 Å². The lowest BCUT2D eigenvalue weighted by Gasteiger charge is -2.23. The maximum atomic E-state index is 10.4. The largest absolute Gasteiger partial charge is 0.481 e. The molecule has 0 saturated heterocycles. The second kappa shape index (κ2) is 10.0. The fourth-order valence-electron chi connectivity index (χ4n) is 2.98. The predicted octanol–water partition coefficient (Wildman–Crippen LogP) is 3.48. The smallest absolute Gasteiger partial charge is 0.303 e. The van der Waals surface area contributed by atoms with Gasteiger partial charge in [0, 0.05) is 24.7 Å². The topological polar surface area (TPSA) is 76.7 Å². The fourth-order valence-corrected chi connectivity index (χ4v) is 2.98. The second-order valence-corrected chi connectivity index (χ2v) is 6.19. The van der Waals surface area contributed by atoms with Crippen LogP contribution in [0.25, 0.3) is 0 Å². The Bertz CT molecular complexity index is 479. The van der Waals surface area contributed by atoms with Crippen LogP contribution in [0.2, 0.25) is 0 Å². The minimum Gasteiger partial charge on any atom is -0.481 e. The van der Waals surface area contributed by atoms with Gasteiger partial charge in [-0.1, -0.05) is 24.4 Å². The van der Waals surface area contributed by atoms with Gasteiger partial charge in [-0.25, -0.2) is 4.98 Å². The number of nitrogens with zero attached hydrogens (tertiary/aromatic N) is 3. The van der Waals surface area contributed by atoms with Crippen molar-refractivity contribution in [2.75, 3.05) is 6.61 Å². The Labute approximate surface area is 137 Å². The number of carboxylic acids is 1. The summed E-state index contributed by atoms with van der Waals surface area (Å²) >= 11 is 0. The van der Waals surface area contributed by atoms with Crippen LogP contribution in [0.1, 0.15) is 57.8 Å². The Morgan fingerprint density at radius 3 is 2.78 bits per heavy atom. The lowest BCUT2D eigenvalue weighted by molar-refractivity contribution is -0.137. The molecular formula is C17H27N3O3. The summed E-state index contributed by atoms with van der Waals surface area (Å²) in [6, 6.07) is 0. The molecule has 0 spiro atoms. The van der Waals surface area contributed by atoms with E-state index >= 15 is 0 Å². The third-order valence-electron chi connectivity index (χ3n) is 4.29. The van der Waals surface area contributed by atoms with Crippen molar-refractivity contribution in [2.24, 2.45) is 11.1 Å². The molecule has 6 heteroatoms. The Morgan fingerprint density at radius 1 is 1.26 bits per heavy atom. The van der Waals surface area contributed by atoms with Gasteiger partial charge in [-0.05, 0) is 32.1 Å². The van der Waals surface area contributed by atoms with Crippen LogP contribution in [-0.4, -0.2) is 32.9 Å². The number of imidazole rings is 1. The average Bonchev–Trinajstić information content (AvgIpc) is 3.06. The third-order valence-corrected chi connectivity index (χ3v) is 4.29. The van der Waals surface area contributed by atoms with E-state index in [0.717, 1.165) is 25.1 Å². The number of hydrogen-bond donors (Lipinski definition) is 1. The van der Waals surface area contributed by atoms with Gasteiger partial charge in [0.1, 0.15) is 6.61 Å². The highest BCUT2D eigenvalue weighted by Gasteiger charge is 2.20. The van der Waals surface area contributed by atoms with Gasteiger partial charge in [-0.2, -0.15) is 0 Å². The van der Waals surface area contributed by atoms with E-state index in [1.54, 1.807) is 6.20 Å². The van der Waals surface area contributed by atoms with Crippen LogP contribution >= 0.6 is 0 Å². The van der Waals surface area contributed by atoms with E-state index in [9.17, 15) is 4.79 Å². The molecule has 1 aromatic heterocycles. The summed E-state index contributed by atoms with van der Waals surface area (Å²) in [5.41, 5.74) is 1.10. The molecule has 23 heavy (non-hydrogen) atoms. The second-order valence-electron chi connectivity index (χ2n) is 6.19. The Hall–Kier alpha value is -1.85. The van der Waals surface area contributed by atoms with Gasteiger partial charge in [0.2, 0.25) is 0 Å². The summed E-state index contributed by atoms with van der Waals surface area (Å²) in [5.74, 6) is -0.220. The number of aromatic nitrogens is 2. The van der Waals surface area contributed by atoms with Gasteiger partial charge in [-0.3, -0.25) is 4.79 Å². The molecule has 2 rings (SSSR count). The van der Waals surface area contributed by atoms with Crippen molar-refractivity contribution in [3.8, 4) is 0 Å². The van der Waals surface area contributed by atoms with Crippen LogP contribution in [0.3, 0.4) is 0 Å². The van der Waals surface area contributed by atoms with Crippen LogP contribution in [0.15, 0.2) is 23.9 Å². The SMILES string of the molecule is O=C(O)CCCCCON=C(Cn1ccnc1)C1CCCCC1. The van der Waals surface area contributed by atoms with Gasteiger partial charge >= 0.3 is 5.97 Å². The summed E-state index contributed by atoms with van der Waals surface area (Å²) in [6.07, 6.45) is 14.4. The number of aliphatic carboxylic acids is 1. The van der Waals surface area contributed by atoms with E-state index in [-0.39, 0.29) is 6.42 Å². The number of unbranched alkanes of at least 4 members (excludes halogenated alkanes) is 2. The molecule has 0 aromatic carbocycles. The Kier molecular flexibility index (Phi) is 7.63. The first-order valence-corrected chi connectivity index (χ1v) is 8.62. The molecule has 1 aliphatic carbocycles. The average molecular weight is 321 g/mol. The van der Waals surface area contributed by atoms with Crippen molar-refractivity contribution >= 4 is 11.7 Å². The van der Waals surface area contributed by atoms with Crippen LogP contribution in [0.4, 0.5) is 0 Å². The highest BCUT2D eigenvalue weighted by Crippen LogP contribution is 2.25. The van der Waals surface area contributed by atoms with Crippen molar-refractivity contribution < 1.29 is 14.7 Å². The zero-order valence-corrected chi connectivity index (χ0v) is 13.7. The lowest BCUT2D eigenvalue weighted by atomic mass is 9.86. The van der Waals surface area contributed by atoms with Crippen molar-refractivity contribution in [2.45, 2.75) is 64.3 Å². The van der Waals surface area contributed by atoms with Gasteiger partial charge in [0.15, 0.2) is 0 Å². The maximum Gasteiger partial charge on any atom is 0.303 e. The summed E-state index contributed by atoms with van der Waals surface area (Å²) in [5, 5.41) is 13.0. The van der Waals surface area contributed by atoms with E-state index in [1.807, 2.05) is 17.1 Å². The third kappa shape index (κ3) is 6.84. The molecule has 1 heterocycles. The first kappa shape index (κ1) is 17.5. The highest BCUT2D eigenvalue weighted by atomic mass is 16.6. The summed E-state index contributed by atoms with van der Waals surface area (Å²) < 4.78 is 2.03. The molecule has 1 aromatic rings. The summed E-state index contributed by atoms with van der Waals surface area (Å²) in [4.78, 5) is 20.0. The van der Waals surface area contributed by atoms with Crippen molar-refractivity contribution in [1.82, 2.24) is 9.55 Å². The molecule has 0 radical (unpaired) electrons. The molecule has 0 amide bonds. The number of hydrogen-bond acceptors (Lipinski definition) is 4. The van der Waals surface area contributed by atoms with Crippen LogP contribution in [0, 0.1) is 5.92 Å². The Balaban J connectivity index is 1.77. The van der Waals surface area contributed by atoms with E-state index < -0.39 is 5.97 Å². The molecule has 128 valence electrons. The molecule has 0 bridgehead atoms. The molecular weight excluding hydrogens is 294 g/mol. The minimum atomic E-state index is -0.733. The van der Waals surface area contributed by atoms with Gasteiger partial charge in [-0.15, -0.1) is 0 Å². The molecule has 0 unspecified atom stereocenters. The normalized spacial score (nSPS) is 16.4. The standard InChI is InChI=1S/C17H27N3O3/c21-17(22)9-5-2-6-12-23-19-16(13-20-11-10-18-14-20)15-7-3-1-4-8-15/h10-11,14-15H,1-9,12-13H2,(H,21,22). The van der Waals surface area contributed by atoms with Crippen molar-refractivity contribution in [3.63, 3.8) is 0 Å². The molecule has 6 nitrogen and oxygen atoms in total. The number of oxime groups is 1. The summed E-state index contributed by atoms with van der Waals surface area (Å²) in [7, 11) is 0. The predicted molar refractivity (Wildman–Crippen MR) is 88.3 cm³/mol. The van der Waals surface area contributed by atoms with Gasteiger partial charge in [0.25, 0.3) is 0 Å². The van der Waals surface area contributed by atoms with Crippen LogP contribution < -0.4 is 0 Å². The van der Waals surface area contributed by atoms with Gasteiger partial charge < -0.3 is 14.5 Å². The molecule has 0 atom stereocenters. The van der Waals surface area contributed by atoms with Crippen LogP contribution in [0.5, 0.6) is 0 Å². The van der Waals surface area contributed by atoms with E-state index in [2.05, 4.69) is 10.1 Å². The highest BCUT2D eigenvalue weighted by molar-refractivity contribution is 5.86. The molecule has 1 N–H and O–H groups in total. The molecule has 0 aliphatic heterocycles. The summed E-state index contributed by atoms with van der Waals surface area (Å²) in [6.45, 7) is 1.30. The van der Waals surface area contributed by atoms with E-state index in [0.29, 0.717) is 18.9 Å². The van der Waals surface area contributed by atoms with E-state index in [4.69, 9.17) is 9.94 Å². The Morgan fingerprint density at radius 2 is 2.09 bits per heavy atom. The fraction of sp³-hybridized carbons (Fsp3) is 0.706. The molecule has 1 fully saturated rings. The number of carbonyl (C=O) groups is 1. The number of carboxylic acid groups (broad SMARTS) is 1. The monoisotopic (exact) mass is 321 g/mol. The first-order valence-electron chi connectivity index (χ1n) is 8.62.